The molecule has 1 N–H and O–H groups in total. The van der Waals surface area contributed by atoms with Crippen LogP contribution in [0.15, 0.2) is 108 Å². The lowest BCUT2D eigenvalue weighted by molar-refractivity contribution is 0.509. The lowest BCUT2D eigenvalue weighted by Gasteiger charge is -2.29. The maximum Gasteiger partial charge on any atom is 0.138 e. The molecule has 3 aromatic carbocycles. The van der Waals surface area contributed by atoms with Gasteiger partial charge in [0.05, 0.1) is 39.5 Å². The molecule has 0 spiro atoms. The number of para-hydroxylation sites is 2. The third-order valence-corrected chi connectivity index (χ3v) is 7.68. The van der Waals surface area contributed by atoms with Gasteiger partial charge in [-0.2, -0.15) is 5.10 Å². The van der Waals surface area contributed by atoms with Crippen LogP contribution in [0.25, 0.3) is 27.2 Å². The van der Waals surface area contributed by atoms with Crippen LogP contribution in [0.2, 0.25) is 0 Å². The summed E-state index contributed by atoms with van der Waals surface area (Å²) in [6, 6.07) is 33.0. The Hall–Kier alpha value is -4.42. The van der Waals surface area contributed by atoms with Crippen molar-refractivity contribution in [2.75, 3.05) is 5.32 Å². The highest BCUT2D eigenvalue weighted by molar-refractivity contribution is 7.19. The van der Waals surface area contributed by atoms with E-state index in [2.05, 4.69) is 72.9 Å². The fourth-order valence-electron chi connectivity index (χ4n) is 5.03. The van der Waals surface area contributed by atoms with Gasteiger partial charge in [-0.25, -0.2) is 9.67 Å². The largest absolute Gasteiger partial charge is 0.468 e. The molecule has 0 saturated heterocycles. The summed E-state index contributed by atoms with van der Waals surface area (Å²) in [5.41, 5.74) is 7.26. The lowest BCUT2D eigenvalue weighted by Crippen LogP contribution is -2.19. The Balaban J connectivity index is 1.55. The van der Waals surface area contributed by atoms with Crippen molar-refractivity contribution in [3.05, 3.63) is 131 Å². The van der Waals surface area contributed by atoms with Gasteiger partial charge in [-0.15, -0.1) is 11.3 Å². The van der Waals surface area contributed by atoms with Crippen LogP contribution in [0.5, 0.6) is 0 Å². The van der Waals surface area contributed by atoms with Gasteiger partial charge >= 0.3 is 0 Å². The zero-order valence-corrected chi connectivity index (χ0v) is 20.4. The number of nitrogens with zero attached hydrogens (tertiary/aromatic N) is 3. The highest BCUT2D eigenvalue weighted by Gasteiger charge is 2.38. The monoisotopic (exact) mass is 486 g/mol. The number of nitrogens with one attached hydrogen (secondary N) is 1. The van der Waals surface area contributed by atoms with Crippen molar-refractivity contribution < 1.29 is 4.42 Å². The number of aromatic nitrogens is 3. The molecule has 0 unspecified atom stereocenters. The van der Waals surface area contributed by atoms with E-state index in [4.69, 9.17) is 14.5 Å². The molecule has 36 heavy (non-hydrogen) atoms. The van der Waals surface area contributed by atoms with Crippen LogP contribution in [0, 0.1) is 6.92 Å². The molecule has 7 rings (SSSR count). The van der Waals surface area contributed by atoms with Crippen molar-refractivity contribution in [3.63, 3.8) is 0 Å². The fraction of sp³-hybridized carbons (Fsp3) is 0.0667. The summed E-state index contributed by atoms with van der Waals surface area (Å²) >= 11 is 1.71. The third-order valence-electron chi connectivity index (χ3n) is 6.61. The zero-order chi connectivity index (χ0) is 24.1. The first-order valence-corrected chi connectivity index (χ1v) is 12.7. The molecule has 174 valence electrons. The summed E-state index contributed by atoms with van der Waals surface area (Å²) in [4.78, 5) is 5.09. The van der Waals surface area contributed by atoms with Gasteiger partial charge in [0, 0.05) is 11.1 Å². The molecule has 0 aliphatic carbocycles. The maximum atomic E-state index is 6.09. The van der Waals surface area contributed by atoms with Gasteiger partial charge in [-0.3, -0.25) is 0 Å². The Morgan fingerprint density at radius 2 is 1.61 bits per heavy atom. The third kappa shape index (κ3) is 3.30. The molecule has 1 atom stereocenters. The molecule has 0 saturated carbocycles. The van der Waals surface area contributed by atoms with Gasteiger partial charge in [-0.05, 0) is 48.9 Å². The standard InChI is InChI=1S/C30H22N4OS/c1-19-25-26(23-16-10-18-35-23)27(30-31-22-15-8-9-17-24(22)36-30)28(20-11-4-2-5-12-20)32-29(25)34(33-19)21-13-6-3-7-14-21/h2-18,26,32H,1H3/t26-/m0/s1. The van der Waals surface area contributed by atoms with E-state index in [1.807, 2.05) is 41.1 Å². The minimum atomic E-state index is -0.163. The number of thiazole rings is 1. The fourth-order valence-corrected chi connectivity index (χ4v) is 6.07. The van der Waals surface area contributed by atoms with E-state index in [1.54, 1.807) is 17.6 Å². The summed E-state index contributed by atoms with van der Waals surface area (Å²) in [7, 11) is 0. The predicted molar refractivity (Wildman–Crippen MR) is 145 cm³/mol. The number of furan rings is 1. The second kappa shape index (κ2) is 8.36. The van der Waals surface area contributed by atoms with Crippen molar-refractivity contribution in [1.82, 2.24) is 14.8 Å². The topological polar surface area (TPSA) is 55.9 Å². The summed E-state index contributed by atoms with van der Waals surface area (Å²) in [5.74, 6) is 1.66. The van der Waals surface area contributed by atoms with Crippen LogP contribution in [0.4, 0.5) is 5.82 Å². The normalized spacial score (nSPS) is 15.2. The molecule has 5 nitrogen and oxygen atoms in total. The van der Waals surface area contributed by atoms with E-state index in [0.29, 0.717) is 0 Å². The van der Waals surface area contributed by atoms with E-state index in [-0.39, 0.29) is 5.92 Å². The van der Waals surface area contributed by atoms with Crippen molar-refractivity contribution in [1.29, 1.82) is 0 Å². The highest BCUT2D eigenvalue weighted by atomic mass is 32.1. The number of hydrogen-bond acceptors (Lipinski definition) is 5. The van der Waals surface area contributed by atoms with Gasteiger partial charge in [0.15, 0.2) is 0 Å². The van der Waals surface area contributed by atoms with Crippen molar-refractivity contribution >= 4 is 38.6 Å². The Labute approximate surface area is 212 Å². The summed E-state index contributed by atoms with van der Waals surface area (Å²) in [6.07, 6.45) is 1.74. The quantitative estimate of drug-likeness (QED) is 0.280. The van der Waals surface area contributed by atoms with Crippen LogP contribution >= 0.6 is 11.3 Å². The van der Waals surface area contributed by atoms with Crippen molar-refractivity contribution in [2.45, 2.75) is 12.8 Å². The second-order valence-corrected chi connectivity index (χ2v) is 9.84. The molecular formula is C30H22N4OS. The van der Waals surface area contributed by atoms with Crippen LogP contribution in [-0.2, 0) is 0 Å². The molecule has 0 amide bonds. The van der Waals surface area contributed by atoms with E-state index >= 15 is 0 Å². The lowest BCUT2D eigenvalue weighted by atomic mass is 9.83. The van der Waals surface area contributed by atoms with Gasteiger partial charge in [0.25, 0.3) is 0 Å². The molecule has 6 aromatic rings. The molecule has 0 bridgehead atoms. The first-order valence-electron chi connectivity index (χ1n) is 11.9. The van der Waals surface area contributed by atoms with Gasteiger partial charge < -0.3 is 9.73 Å². The van der Waals surface area contributed by atoms with Gasteiger partial charge in [0.1, 0.15) is 16.6 Å². The Morgan fingerprint density at radius 1 is 0.861 bits per heavy atom. The molecule has 1 aliphatic rings. The maximum absolute atomic E-state index is 6.09. The smallest absolute Gasteiger partial charge is 0.138 e. The number of rotatable bonds is 4. The van der Waals surface area contributed by atoms with E-state index < -0.39 is 0 Å². The SMILES string of the molecule is Cc1nn(-c2ccccc2)c2c1[C@H](c1ccco1)C(c1nc3ccccc3s1)=C(c1ccccc1)N2. The van der Waals surface area contributed by atoms with E-state index in [9.17, 15) is 0 Å². The molecule has 0 radical (unpaired) electrons. The van der Waals surface area contributed by atoms with Crippen LogP contribution in [0.1, 0.15) is 33.5 Å². The average molecular weight is 487 g/mol. The summed E-state index contributed by atoms with van der Waals surface area (Å²) in [6.45, 7) is 2.07. The number of hydrogen-bond donors (Lipinski definition) is 1. The number of anilines is 1. The molecule has 0 fully saturated rings. The highest BCUT2D eigenvalue weighted by Crippen LogP contribution is 2.51. The first kappa shape index (κ1) is 20.9. The second-order valence-electron chi connectivity index (χ2n) is 8.81. The summed E-state index contributed by atoms with van der Waals surface area (Å²) in [5, 5.41) is 9.76. The Bertz CT molecular complexity index is 1680. The van der Waals surface area contributed by atoms with Gasteiger partial charge in [-0.1, -0.05) is 60.7 Å². The number of aryl methyl sites for hydroxylation is 1. The molecule has 4 heterocycles. The number of benzene rings is 3. The van der Waals surface area contributed by atoms with Crippen molar-refractivity contribution in [2.24, 2.45) is 0 Å². The van der Waals surface area contributed by atoms with Crippen LogP contribution < -0.4 is 5.32 Å². The van der Waals surface area contributed by atoms with Crippen molar-refractivity contribution in [3.8, 4) is 5.69 Å². The zero-order valence-electron chi connectivity index (χ0n) is 19.6. The van der Waals surface area contributed by atoms with Gasteiger partial charge in [0.2, 0.25) is 0 Å². The minimum absolute atomic E-state index is 0.163. The summed E-state index contributed by atoms with van der Waals surface area (Å²) < 4.78 is 9.25. The van der Waals surface area contributed by atoms with Crippen LogP contribution in [0.3, 0.4) is 0 Å². The van der Waals surface area contributed by atoms with E-state index in [0.717, 1.165) is 60.6 Å². The number of allylic oxidation sites excluding steroid dienone is 1. The average Bonchev–Trinajstić information content (AvgIpc) is 3.68. The molecule has 1 aliphatic heterocycles. The molecule has 6 heteroatoms. The number of fused-ring (bicyclic) bond motifs is 2. The Morgan fingerprint density at radius 3 is 2.36 bits per heavy atom. The molecular weight excluding hydrogens is 464 g/mol. The Kier molecular flexibility index (Phi) is 4.85. The van der Waals surface area contributed by atoms with E-state index in [1.165, 1.54) is 0 Å². The first-order chi connectivity index (χ1) is 17.8. The van der Waals surface area contributed by atoms with Crippen LogP contribution in [-0.4, -0.2) is 14.8 Å². The minimum Gasteiger partial charge on any atom is -0.468 e. The predicted octanol–water partition coefficient (Wildman–Crippen LogP) is 7.51. The molecule has 3 aromatic heterocycles.